The Labute approximate surface area is 335 Å². The van der Waals surface area contributed by atoms with E-state index in [-0.39, 0.29) is 51.3 Å². The minimum atomic E-state index is -3.33. The predicted octanol–water partition coefficient (Wildman–Crippen LogP) is 1.21. The molecule has 1 heterocycles. The van der Waals surface area contributed by atoms with E-state index < -0.39 is 123 Å². The number of benzene rings is 2. The van der Waals surface area contributed by atoms with Crippen molar-refractivity contribution in [3.63, 3.8) is 0 Å². The summed E-state index contributed by atoms with van der Waals surface area (Å²) in [6.45, 7) is 2.62. The third kappa shape index (κ3) is 5.93. The molecule has 1 saturated heterocycles. The van der Waals surface area contributed by atoms with Gasteiger partial charge in [0.05, 0.1) is 59.8 Å². The van der Waals surface area contributed by atoms with Gasteiger partial charge in [0, 0.05) is 62.6 Å². The van der Waals surface area contributed by atoms with E-state index in [2.05, 4.69) is 10.3 Å². The van der Waals surface area contributed by atoms with E-state index in [1.807, 2.05) is 0 Å². The number of esters is 1. The Morgan fingerprint density at radius 1 is 1.05 bits per heavy atom. The molecular formula is C38H42Cl2N2O15. The molecule has 0 amide bonds. The molecule has 7 N–H and O–H groups in total. The fourth-order valence-corrected chi connectivity index (χ4v) is 9.07. The van der Waals surface area contributed by atoms with Gasteiger partial charge in [0.15, 0.2) is 11.2 Å². The van der Waals surface area contributed by atoms with Crippen LogP contribution in [0, 0.1) is 12.8 Å². The van der Waals surface area contributed by atoms with E-state index in [9.17, 15) is 49.8 Å². The lowest BCUT2D eigenvalue weighted by Crippen LogP contribution is -2.73. The number of aliphatic hydroxyl groups is 4. The third-order valence-corrected chi connectivity index (χ3v) is 12.2. The van der Waals surface area contributed by atoms with Crippen LogP contribution in [0.15, 0.2) is 21.8 Å². The fraction of sp³-hybridized carbons (Fsp3) is 0.500. The van der Waals surface area contributed by atoms with Crippen LogP contribution in [0.3, 0.4) is 0 Å². The lowest BCUT2D eigenvalue weighted by atomic mass is 9.56. The van der Waals surface area contributed by atoms with Crippen molar-refractivity contribution in [2.45, 2.75) is 68.5 Å². The van der Waals surface area contributed by atoms with E-state index in [1.165, 1.54) is 21.1 Å². The zero-order valence-electron chi connectivity index (χ0n) is 31.6. The van der Waals surface area contributed by atoms with E-state index in [0.717, 1.165) is 20.3 Å². The van der Waals surface area contributed by atoms with Gasteiger partial charge in [-0.15, -0.1) is 0 Å². The third-order valence-electron chi connectivity index (χ3n) is 11.3. The minimum absolute atomic E-state index is 0.0150. The van der Waals surface area contributed by atoms with Gasteiger partial charge in [0.2, 0.25) is 17.3 Å². The molecule has 57 heavy (non-hydrogen) atoms. The van der Waals surface area contributed by atoms with Crippen LogP contribution in [0.4, 0.5) is 0 Å². The number of halogens is 2. The Hall–Kier alpha value is -4.01. The highest BCUT2D eigenvalue weighted by Crippen LogP contribution is 2.58. The second kappa shape index (κ2) is 15.6. The summed E-state index contributed by atoms with van der Waals surface area (Å²) in [4.78, 5) is 61.8. The van der Waals surface area contributed by atoms with Crippen molar-refractivity contribution in [2.24, 2.45) is 10.9 Å². The standard InChI is InChI=1S/C38H42Cl2N2O15/c1-13-20(36(51)55-5)31(48)23-17(24(13)39)11-19(44)38(56-6)34(50)22-16(33(49)37(23,38)52)10-15-21(30(22)47)26(41-8-7-9-53-3)25(40)27(28(15)45)42-35-18(12-43)29(46)32(54-4)14(2)57-35/h10,14,18-19,29,32,35,42-44,46-48,52H,7-9,11-12H2,1-6H3/b41-26-/t14-,18+,19+,29-,32-,35-,37-,38+/m0/s1. The highest BCUT2D eigenvalue weighted by Gasteiger charge is 2.73. The predicted molar refractivity (Wildman–Crippen MR) is 199 cm³/mol. The number of allylic oxidation sites excluding steroid dienone is 2. The molecule has 6 rings (SSSR count). The van der Waals surface area contributed by atoms with Crippen molar-refractivity contribution < 1.29 is 73.5 Å². The Balaban J connectivity index is 1.60. The number of hydrogen-bond donors (Lipinski definition) is 7. The largest absolute Gasteiger partial charge is 0.507 e. The van der Waals surface area contributed by atoms with Crippen molar-refractivity contribution in [1.29, 1.82) is 0 Å². The lowest BCUT2D eigenvalue weighted by molar-refractivity contribution is -0.214. The van der Waals surface area contributed by atoms with Crippen LogP contribution in [-0.2, 0) is 35.7 Å². The van der Waals surface area contributed by atoms with Crippen molar-refractivity contribution in [3.05, 3.63) is 66.3 Å². The summed E-state index contributed by atoms with van der Waals surface area (Å²) >= 11 is 13.5. The van der Waals surface area contributed by atoms with Crippen molar-refractivity contribution >= 4 is 52.2 Å². The number of ether oxygens (including phenoxy) is 5. The van der Waals surface area contributed by atoms with Gasteiger partial charge in [-0.3, -0.25) is 19.4 Å². The number of carbonyl (C=O) groups is 4. The quantitative estimate of drug-likeness (QED) is 0.131. The van der Waals surface area contributed by atoms with Crippen LogP contribution in [-0.4, -0.2) is 144 Å². The molecule has 0 radical (unpaired) electrons. The highest BCUT2D eigenvalue weighted by molar-refractivity contribution is 6.51. The first kappa shape index (κ1) is 42.6. The van der Waals surface area contributed by atoms with Crippen LogP contribution in [0.5, 0.6) is 11.5 Å². The normalized spacial score (nSPS) is 30.2. The van der Waals surface area contributed by atoms with E-state index in [1.54, 1.807) is 6.92 Å². The smallest absolute Gasteiger partial charge is 0.341 e. The van der Waals surface area contributed by atoms with Crippen LogP contribution in [0.2, 0.25) is 5.02 Å². The summed E-state index contributed by atoms with van der Waals surface area (Å²) in [6.07, 6.45) is -6.39. The molecule has 19 heteroatoms. The fourth-order valence-electron chi connectivity index (χ4n) is 8.51. The van der Waals surface area contributed by atoms with E-state index >= 15 is 0 Å². The topological polar surface area (TPSA) is 260 Å². The van der Waals surface area contributed by atoms with Gasteiger partial charge in [0.1, 0.15) is 35.1 Å². The highest BCUT2D eigenvalue weighted by atomic mass is 35.5. The molecule has 2 aromatic rings. The summed E-state index contributed by atoms with van der Waals surface area (Å²) in [5.41, 5.74) is -10.7. The SMILES string of the molecule is COCCC/N=C1\C(Cl)=C(N[C@H]2O[C@@H](C)[C@H](OC)[C@@H](O)[C@H]2CO)C(=O)c2cc3c(c(O)c21)C(=O)[C@]1(OC)[C@H](O)Cc2c(Cl)c(C)c(C(=O)OC)c(O)c2[C@]1(O)C3=O. The van der Waals surface area contributed by atoms with Gasteiger partial charge in [-0.1, -0.05) is 23.2 Å². The molecule has 308 valence electrons. The number of Topliss-reactive ketones (excluding diaryl/α,β-unsaturated/α-hetero) is 3. The number of carbonyl (C=O) groups excluding carboxylic acids is 4. The number of ketones is 3. The number of fused-ring (bicyclic) bond motifs is 5. The van der Waals surface area contributed by atoms with Crippen LogP contribution >= 0.6 is 23.2 Å². The summed E-state index contributed by atoms with van der Waals surface area (Å²) in [6, 6.07) is 0.929. The summed E-state index contributed by atoms with van der Waals surface area (Å²) in [5.74, 6) is -7.83. The van der Waals surface area contributed by atoms with E-state index in [0.29, 0.717) is 6.42 Å². The first-order valence-electron chi connectivity index (χ1n) is 17.8. The first-order valence-corrected chi connectivity index (χ1v) is 18.5. The minimum Gasteiger partial charge on any atom is -0.507 e. The molecule has 0 saturated carbocycles. The number of aliphatic imine (C=N–C) groups is 1. The number of aromatic hydroxyl groups is 2. The van der Waals surface area contributed by atoms with Gasteiger partial charge >= 0.3 is 5.97 Å². The molecule has 0 aromatic heterocycles. The van der Waals surface area contributed by atoms with Crippen LogP contribution in [0.25, 0.3) is 0 Å². The van der Waals surface area contributed by atoms with Crippen LogP contribution < -0.4 is 5.32 Å². The molecule has 1 fully saturated rings. The van der Waals surface area contributed by atoms with Crippen LogP contribution in [0.1, 0.15) is 77.0 Å². The summed E-state index contributed by atoms with van der Waals surface area (Å²) < 4.78 is 26.9. The van der Waals surface area contributed by atoms with Gasteiger partial charge in [-0.2, -0.15) is 0 Å². The van der Waals surface area contributed by atoms with Crippen molar-refractivity contribution in [2.75, 3.05) is 48.2 Å². The molecule has 17 nitrogen and oxygen atoms in total. The molecule has 2 aromatic carbocycles. The first-order chi connectivity index (χ1) is 27.0. The summed E-state index contributed by atoms with van der Waals surface area (Å²) in [7, 11) is 4.77. The lowest BCUT2D eigenvalue weighted by Gasteiger charge is -2.53. The molecule has 0 spiro atoms. The maximum atomic E-state index is 15.0. The van der Waals surface area contributed by atoms with Gasteiger partial charge in [-0.25, -0.2) is 4.79 Å². The van der Waals surface area contributed by atoms with Crippen molar-refractivity contribution in [1.82, 2.24) is 5.32 Å². The monoisotopic (exact) mass is 836 g/mol. The number of aliphatic hydroxyl groups excluding tert-OH is 3. The second-order valence-corrected chi connectivity index (χ2v) is 14.9. The molecule has 4 aliphatic rings. The van der Waals surface area contributed by atoms with Gasteiger partial charge in [0.25, 0.3) is 0 Å². The molecule has 1 aliphatic heterocycles. The number of nitrogens with one attached hydrogen (secondary N) is 1. The zero-order chi connectivity index (χ0) is 42.0. The molecule has 8 atom stereocenters. The number of phenols is 2. The molecule has 0 bridgehead atoms. The number of phenolic OH excluding ortho intramolecular Hbond substituents is 2. The summed E-state index contributed by atoms with van der Waals surface area (Å²) in [5, 5.41) is 71.6. The maximum absolute atomic E-state index is 15.0. The number of rotatable bonds is 10. The van der Waals surface area contributed by atoms with E-state index in [4.69, 9.17) is 46.9 Å². The molecule has 0 unspecified atom stereocenters. The zero-order valence-corrected chi connectivity index (χ0v) is 33.1. The van der Waals surface area contributed by atoms with Gasteiger partial charge < -0.3 is 59.6 Å². The maximum Gasteiger partial charge on any atom is 0.341 e. The van der Waals surface area contributed by atoms with Crippen molar-refractivity contribution in [3.8, 4) is 11.5 Å². The van der Waals surface area contributed by atoms with Gasteiger partial charge in [-0.05, 0) is 37.5 Å². The average Bonchev–Trinajstić information content (AvgIpc) is 3.17. The Morgan fingerprint density at radius 3 is 2.33 bits per heavy atom. The number of methoxy groups -OCH3 is 4. The Kier molecular flexibility index (Phi) is 11.7. The Morgan fingerprint density at radius 2 is 1.74 bits per heavy atom. The second-order valence-electron chi connectivity index (χ2n) is 14.1. The molecule has 3 aliphatic carbocycles. The average molecular weight is 838 g/mol. The number of nitrogens with zero attached hydrogens (tertiary/aromatic N) is 1. The Bertz CT molecular complexity index is 2140. The molecular weight excluding hydrogens is 795 g/mol. The number of hydrogen-bond acceptors (Lipinski definition) is 17.